The predicted octanol–water partition coefficient (Wildman–Crippen LogP) is 2.27. The van der Waals surface area contributed by atoms with Gasteiger partial charge < -0.3 is 14.4 Å². The summed E-state index contributed by atoms with van der Waals surface area (Å²) in [5.41, 5.74) is 1.34. The molecule has 0 bridgehead atoms. The number of hydrogen-bond acceptors (Lipinski definition) is 6. The van der Waals surface area contributed by atoms with E-state index in [0.717, 1.165) is 36.9 Å². The molecule has 3 fully saturated rings. The summed E-state index contributed by atoms with van der Waals surface area (Å²) in [5.74, 6) is 2.30. The fourth-order valence-corrected chi connectivity index (χ4v) is 4.09. The highest BCUT2D eigenvalue weighted by molar-refractivity contribution is 7.97. The van der Waals surface area contributed by atoms with Gasteiger partial charge in [-0.25, -0.2) is 4.79 Å². The highest BCUT2D eigenvalue weighted by Crippen LogP contribution is 2.47. The summed E-state index contributed by atoms with van der Waals surface area (Å²) in [7, 11) is 0. The third-order valence-electron chi connectivity index (χ3n) is 5.29. The van der Waals surface area contributed by atoms with E-state index in [0.29, 0.717) is 19.8 Å². The summed E-state index contributed by atoms with van der Waals surface area (Å²) in [4.78, 5) is 24.0. The fourth-order valence-electron chi connectivity index (χ4n) is 3.19. The summed E-state index contributed by atoms with van der Waals surface area (Å²) >= 11 is 1.67. The molecular formula is C20H27N3O4S. The molecule has 0 unspecified atom stereocenters. The molecule has 152 valence electrons. The number of nitrogens with zero attached hydrogens (tertiary/aromatic N) is 1. The lowest BCUT2D eigenvalue weighted by Crippen LogP contribution is -2.31. The van der Waals surface area contributed by atoms with Crippen LogP contribution in [-0.4, -0.2) is 55.5 Å². The summed E-state index contributed by atoms with van der Waals surface area (Å²) in [6.45, 7) is 2.44. The Labute approximate surface area is 169 Å². The van der Waals surface area contributed by atoms with Crippen LogP contribution in [0.15, 0.2) is 24.3 Å². The molecule has 0 atom stereocenters. The van der Waals surface area contributed by atoms with Crippen molar-refractivity contribution in [2.45, 2.75) is 31.2 Å². The number of imide groups is 1. The molecular weight excluding hydrogens is 378 g/mol. The molecule has 1 aromatic rings. The predicted molar refractivity (Wildman–Crippen MR) is 107 cm³/mol. The van der Waals surface area contributed by atoms with Crippen molar-refractivity contribution in [3.05, 3.63) is 29.8 Å². The van der Waals surface area contributed by atoms with E-state index in [1.807, 2.05) is 6.07 Å². The molecule has 1 heterocycles. The lowest BCUT2D eigenvalue weighted by atomic mass is 10.1. The summed E-state index contributed by atoms with van der Waals surface area (Å²) < 4.78 is 15.1. The molecule has 28 heavy (non-hydrogen) atoms. The Bertz CT molecular complexity index is 721. The monoisotopic (exact) mass is 405 g/mol. The third kappa shape index (κ3) is 5.18. The van der Waals surface area contributed by atoms with E-state index in [1.165, 1.54) is 23.3 Å². The molecule has 3 aliphatic rings. The molecule has 0 aromatic heterocycles. The van der Waals surface area contributed by atoms with Gasteiger partial charge in [-0.1, -0.05) is 24.1 Å². The Morgan fingerprint density at radius 2 is 2.11 bits per heavy atom. The van der Waals surface area contributed by atoms with Crippen LogP contribution in [0.1, 0.15) is 31.2 Å². The van der Waals surface area contributed by atoms with Crippen molar-refractivity contribution in [1.29, 1.82) is 0 Å². The second kappa shape index (κ2) is 8.71. The summed E-state index contributed by atoms with van der Waals surface area (Å²) in [6.07, 6.45) is 4.86. The van der Waals surface area contributed by atoms with Crippen molar-refractivity contribution in [1.82, 2.24) is 14.9 Å². The highest BCUT2D eigenvalue weighted by atomic mass is 32.2. The zero-order valence-corrected chi connectivity index (χ0v) is 16.8. The van der Waals surface area contributed by atoms with Crippen LogP contribution in [-0.2, 0) is 15.1 Å². The van der Waals surface area contributed by atoms with Gasteiger partial charge in [0.1, 0.15) is 12.3 Å². The van der Waals surface area contributed by atoms with E-state index in [4.69, 9.17) is 9.47 Å². The van der Waals surface area contributed by atoms with Crippen LogP contribution in [0.4, 0.5) is 4.79 Å². The van der Waals surface area contributed by atoms with Gasteiger partial charge in [-0.15, -0.1) is 0 Å². The number of benzene rings is 1. The first kappa shape index (κ1) is 19.5. The SMILES string of the molecule is O=C1CN(CCOCCSNC2(c3cccc(OCC4CC4)c3)CC2)C(=O)N1. The van der Waals surface area contributed by atoms with Crippen LogP contribution in [0.25, 0.3) is 0 Å². The molecule has 1 saturated heterocycles. The van der Waals surface area contributed by atoms with Gasteiger partial charge in [0.05, 0.1) is 25.4 Å². The average molecular weight is 406 g/mol. The highest BCUT2D eigenvalue weighted by Gasteiger charge is 2.44. The molecule has 7 nitrogen and oxygen atoms in total. The van der Waals surface area contributed by atoms with Crippen LogP contribution in [0.3, 0.4) is 0 Å². The molecule has 0 radical (unpaired) electrons. The maximum atomic E-state index is 11.4. The second-order valence-electron chi connectivity index (χ2n) is 7.70. The van der Waals surface area contributed by atoms with Crippen molar-refractivity contribution in [3.8, 4) is 5.75 Å². The molecule has 2 N–H and O–H groups in total. The zero-order chi connectivity index (χ0) is 19.4. The van der Waals surface area contributed by atoms with E-state index >= 15 is 0 Å². The molecule has 1 aliphatic heterocycles. The van der Waals surface area contributed by atoms with Crippen LogP contribution in [0, 0.1) is 5.92 Å². The van der Waals surface area contributed by atoms with Crippen molar-refractivity contribution in [3.63, 3.8) is 0 Å². The van der Waals surface area contributed by atoms with Crippen molar-refractivity contribution in [2.24, 2.45) is 5.92 Å². The Morgan fingerprint density at radius 1 is 1.25 bits per heavy atom. The first-order valence-electron chi connectivity index (χ1n) is 9.93. The number of carbonyl (C=O) groups is 2. The number of carbonyl (C=O) groups excluding carboxylic acids is 2. The third-order valence-corrected chi connectivity index (χ3v) is 6.20. The minimum absolute atomic E-state index is 0.0532. The first-order valence-corrected chi connectivity index (χ1v) is 10.9. The largest absolute Gasteiger partial charge is 0.493 e. The quantitative estimate of drug-likeness (QED) is 0.316. The first-order chi connectivity index (χ1) is 13.6. The topological polar surface area (TPSA) is 79.9 Å². The lowest BCUT2D eigenvalue weighted by Gasteiger charge is -2.18. The van der Waals surface area contributed by atoms with Gasteiger partial charge in [-0.05, 0) is 49.3 Å². The molecule has 1 aromatic carbocycles. The number of hydrogen-bond donors (Lipinski definition) is 2. The fraction of sp³-hybridized carbons (Fsp3) is 0.600. The van der Waals surface area contributed by atoms with Crippen LogP contribution >= 0.6 is 11.9 Å². The number of ether oxygens (including phenoxy) is 2. The minimum atomic E-state index is -0.330. The normalized spacial score (nSPS) is 20.4. The van der Waals surface area contributed by atoms with E-state index in [2.05, 4.69) is 28.2 Å². The van der Waals surface area contributed by atoms with Crippen molar-refractivity contribution < 1.29 is 19.1 Å². The summed E-state index contributed by atoms with van der Waals surface area (Å²) in [6, 6.07) is 8.12. The van der Waals surface area contributed by atoms with Gasteiger partial charge in [0.25, 0.3) is 0 Å². The molecule has 4 rings (SSSR count). The van der Waals surface area contributed by atoms with Gasteiger partial charge >= 0.3 is 6.03 Å². The summed E-state index contributed by atoms with van der Waals surface area (Å²) in [5, 5.41) is 2.26. The second-order valence-corrected chi connectivity index (χ2v) is 8.60. The van der Waals surface area contributed by atoms with Gasteiger partial charge in [-0.3, -0.25) is 14.8 Å². The molecule has 2 aliphatic carbocycles. The Balaban J connectivity index is 1.12. The number of amides is 3. The Kier molecular flexibility index (Phi) is 6.08. The lowest BCUT2D eigenvalue weighted by molar-refractivity contribution is -0.118. The Hall–Kier alpha value is -1.77. The van der Waals surface area contributed by atoms with Gasteiger partial charge in [-0.2, -0.15) is 0 Å². The van der Waals surface area contributed by atoms with Crippen molar-refractivity contribution in [2.75, 3.05) is 38.7 Å². The maximum Gasteiger partial charge on any atom is 0.324 e. The van der Waals surface area contributed by atoms with Gasteiger partial charge in [0.15, 0.2) is 0 Å². The molecule has 2 saturated carbocycles. The van der Waals surface area contributed by atoms with Gasteiger partial charge in [0.2, 0.25) is 5.91 Å². The minimum Gasteiger partial charge on any atom is -0.493 e. The van der Waals surface area contributed by atoms with Gasteiger partial charge in [0, 0.05) is 12.3 Å². The number of nitrogens with one attached hydrogen (secondary N) is 2. The van der Waals surface area contributed by atoms with Crippen LogP contribution in [0.5, 0.6) is 5.75 Å². The van der Waals surface area contributed by atoms with Crippen molar-refractivity contribution >= 4 is 23.9 Å². The van der Waals surface area contributed by atoms with E-state index in [9.17, 15) is 9.59 Å². The molecule has 3 amide bonds. The number of rotatable bonds is 12. The van der Waals surface area contributed by atoms with Crippen LogP contribution < -0.4 is 14.8 Å². The zero-order valence-electron chi connectivity index (χ0n) is 15.9. The van der Waals surface area contributed by atoms with Crippen LogP contribution in [0.2, 0.25) is 0 Å². The smallest absolute Gasteiger partial charge is 0.324 e. The number of urea groups is 1. The maximum absolute atomic E-state index is 11.4. The standard InChI is InChI=1S/C20H27N3O4S/c24-18-13-23(19(25)21-18)8-9-26-10-11-28-22-20(6-7-20)16-2-1-3-17(12-16)27-14-15-4-5-15/h1-3,12,15,22H,4-11,13-14H2,(H,21,24,25). The molecule has 0 spiro atoms. The Morgan fingerprint density at radius 3 is 2.82 bits per heavy atom. The van der Waals surface area contributed by atoms with E-state index in [-0.39, 0.29) is 24.0 Å². The van der Waals surface area contributed by atoms with E-state index < -0.39 is 0 Å². The average Bonchev–Trinajstić information content (AvgIpc) is 3.60. The molecule has 8 heteroatoms. The van der Waals surface area contributed by atoms with E-state index in [1.54, 1.807) is 11.9 Å².